The first kappa shape index (κ1) is 18.1. The van der Waals surface area contributed by atoms with Crippen LogP contribution in [0.2, 0.25) is 0 Å². The van der Waals surface area contributed by atoms with Crippen molar-refractivity contribution in [1.82, 2.24) is 5.32 Å². The van der Waals surface area contributed by atoms with E-state index < -0.39 is 24.4 Å². The number of ether oxygens (including phenoxy) is 2. The molecule has 1 aromatic rings. The van der Waals surface area contributed by atoms with Crippen molar-refractivity contribution in [3.8, 4) is 5.75 Å². The maximum atomic E-state index is 11.9. The molecule has 0 aliphatic carbocycles. The molecular weight excluding hydrogens is 321 g/mol. The number of rotatable bonds is 3. The number of carbonyl (C=O) groups excluding carboxylic acids is 1. The number of nitrogens with one attached hydrogen (secondary N) is 1. The van der Waals surface area contributed by atoms with Crippen molar-refractivity contribution in [3.05, 3.63) is 23.8 Å². The van der Waals surface area contributed by atoms with E-state index in [1.54, 1.807) is 0 Å². The zero-order chi connectivity index (χ0) is 18.2. The summed E-state index contributed by atoms with van der Waals surface area (Å²) in [6.07, 6.45) is 0.0620. The van der Waals surface area contributed by atoms with Crippen LogP contribution in [0.3, 0.4) is 0 Å². The number of hydrogen-bond acceptors (Lipinski definition) is 5. The molecule has 0 bridgehead atoms. The van der Waals surface area contributed by atoms with Crippen molar-refractivity contribution in [2.75, 3.05) is 13.2 Å². The van der Waals surface area contributed by atoms with Gasteiger partial charge in [-0.15, -0.1) is 0 Å². The molecule has 6 nitrogen and oxygen atoms in total. The lowest BCUT2D eigenvalue weighted by Crippen LogP contribution is -2.42. The second-order valence-electron chi connectivity index (χ2n) is 7.81. The molecule has 3 rings (SSSR count). The van der Waals surface area contributed by atoms with Gasteiger partial charge in [-0.25, -0.2) is 4.79 Å². The van der Waals surface area contributed by atoms with Crippen LogP contribution < -0.4 is 15.5 Å². The Balaban J connectivity index is 1.75. The maximum absolute atomic E-state index is 11.9. The average molecular weight is 347 g/mol. The number of hydrogen-bond donors (Lipinski definition) is 1. The van der Waals surface area contributed by atoms with Crippen LogP contribution in [0, 0.1) is 0 Å². The average Bonchev–Trinajstić information content (AvgIpc) is 2.79. The Morgan fingerprint density at radius 1 is 1.44 bits per heavy atom. The highest BCUT2D eigenvalue weighted by Crippen LogP contribution is 2.33. The molecule has 136 valence electrons. The lowest BCUT2D eigenvalue weighted by Gasteiger charge is -2.28. The second-order valence-corrected chi connectivity index (χ2v) is 7.81. The first-order valence-corrected chi connectivity index (χ1v) is 8.76. The van der Waals surface area contributed by atoms with E-state index in [1.165, 1.54) is 0 Å². The van der Waals surface area contributed by atoms with Gasteiger partial charge in [0.1, 0.15) is 18.0 Å². The Morgan fingerprint density at radius 2 is 2.20 bits per heavy atom. The van der Waals surface area contributed by atoms with Gasteiger partial charge < -0.3 is 24.1 Å². The quantitative estimate of drug-likeness (QED) is 0.852. The molecule has 2 atom stereocenters. The first-order chi connectivity index (χ1) is 11.7. The van der Waals surface area contributed by atoms with Gasteiger partial charge in [0.2, 0.25) is 0 Å². The van der Waals surface area contributed by atoms with Crippen LogP contribution in [0.4, 0.5) is 4.79 Å². The molecule has 0 saturated heterocycles. The fourth-order valence-electron chi connectivity index (χ4n) is 2.95. The Bertz CT molecular complexity index is 659. The van der Waals surface area contributed by atoms with Crippen molar-refractivity contribution in [1.29, 1.82) is 0 Å². The Hall–Kier alpha value is -1.73. The Kier molecular flexibility index (Phi) is 4.73. The largest absolute Gasteiger partial charge is 0.499 e. The third-order valence-electron chi connectivity index (χ3n) is 4.47. The minimum atomic E-state index is -0.533. The predicted molar refractivity (Wildman–Crippen MR) is 95.2 cm³/mol. The monoisotopic (exact) mass is 347 g/mol. The smallest absolute Gasteiger partial charge is 0.491 e. The van der Waals surface area contributed by atoms with Crippen LogP contribution in [0.25, 0.3) is 0 Å². The van der Waals surface area contributed by atoms with E-state index in [2.05, 4.69) is 12.2 Å². The molecule has 0 saturated carbocycles. The van der Waals surface area contributed by atoms with Crippen molar-refractivity contribution >= 4 is 18.7 Å². The summed E-state index contributed by atoms with van der Waals surface area (Å²) in [5.74, 6) is 0.791. The molecule has 2 unspecified atom stereocenters. The van der Waals surface area contributed by atoms with Gasteiger partial charge in [0.15, 0.2) is 0 Å². The number of benzene rings is 1. The van der Waals surface area contributed by atoms with Crippen molar-refractivity contribution in [3.63, 3.8) is 0 Å². The molecule has 2 heterocycles. The second kappa shape index (κ2) is 6.54. The fraction of sp³-hybridized carbons (Fsp3) is 0.611. The molecule has 0 fully saturated rings. The fourth-order valence-corrected chi connectivity index (χ4v) is 2.95. The minimum Gasteiger partial charge on any atom is -0.491 e. The van der Waals surface area contributed by atoms with Crippen LogP contribution in [-0.4, -0.2) is 37.6 Å². The maximum Gasteiger partial charge on any atom is 0.499 e. The van der Waals surface area contributed by atoms with Gasteiger partial charge in [-0.2, -0.15) is 0 Å². The van der Waals surface area contributed by atoms with E-state index in [4.69, 9.17) is 18.8 Å². The summed E-state index contributed by atoms with van der Waals surface area (Å²) in [6.45, 7) is 10.4. The SMILES string of the molecule is CCC1(C)COc2cccc3c2B(OC3CNC(=O)OC(C)(C)C)O1. The molecule has 1 aromatic carbocycles. The summed E-state index contributed by atoms with van der Waals surface area (Å²) in [5, 5.41) is 2.77. The first-order valence-electron chi connectivity index (χ1n) is 8.76. The van der Waals surface area contributed by atoms with E-state index in [0.717, 1.165) is 23.2 Å². The van der Waals surface area contributed by atoms with Crippen molar-refractivity contribution in [2.24, 2.45) is 0 Å². The van der Waals surface area contributed by atoms with Gasteiger partial charge >= 0.3 is 13.2 Å². The number of alkyl carbamates (subject to hydrolysis) is 1. The summed E-state index contributed by atoms with van der Waals surface area (Å²) in [5.41, 5.74) is 0.971. The van der Waals surface area contributed by atoms with Crippen LogP contribution in [0.1, 0.15) is 52.7 Å². The lowest BCUT2D eigenvalue weighted by atomic mass is 9.77. The molecule has 0 radical (unpaired) electrons. The van der Waals surface area contributed by atoms with Gasteiger partial charge in [0, 0.05) is 12.0 Å². The third kappa shape index (κ3) is 3.93. The minimum absolute atomic E-state index is 0.296. The Morgan fingerprint density at radius 3 is 2.88 bits per heavy atom. The summed E-state index contributed by atoms with van der Waals surface area (Å²) < 4.78 is 23.6. The van der Waals surface area contributed by atoms with Crippen LogP contribution >= 0.6 is 0 Å². The van der Waals surface area contributed by atoms with Crippen molar-refractivity contribution in [2.45, 2.75) is 58.3 Å². The third-order valence-corrected chi connectivity index (χ3v) is 4.47. The van der Waals surface area contributed by atoms with E-state index in [-0.39, 0.29) is 6.10 Å². The molecule has 2 aliphatic heterocycles. The van der Waals surface area contributed by atoms with Gasteiger partial charge in [-0.1, -0.05) is 19.1 Å². The predicted octanol–water partition coefficient (Wildman–Crippen LogP) is 2.56. The van der Waals surface area contributed by atoms with Crippen LogP contribution in [0.5, 0.6) is 5.75 Å². The summed E-state index contributed by atoms with van der Waals surface area (Å²) in [6, 6.07) is 5.86. The van der Waals surface area contributed by atoms with E-state index >= 15 is 0 Å². The highest BCUT2D eigenvalue weighted by Gasteiger charge is 2.46. The molecule has 1 amide bonds. The lowest BCUT2D eigenvalue weighted by molar-refractivity contribution is 0.00923. The molecule has 7 heteroatoms. The summed E-state index contributed by atoms with van der Waals surface area (Å²) >= 11 is 0. The molecule has 0 spiro atoms. The van der Waals surface area contributed by atoms with Crippen molar-refractivity contribution < 1.29 is 23.6 Å². The summed E-state index contributed by atoms with van der Waals surface area (Å²) in [7, 11) is -0.482. The summed E-state index contributed by atoms with van der Waals surface area (Å²) in [4.78, 5) is 11.9. The van der Waals surface area contributed by atoms with Gasteiger partial charge in [-0.3, -0.25) is 0 Å². The Labute approximate surface area is 149 Å². The standard InChI is InChI=1S/C18H26BNO5/c1-6-18(5)11-22-13-9-7-8-12-14(24-19(25-18)15(12)13)10-20-16(21)23-17(2,3)4/h7-9,14H,6,10-11H2,1-5H3,(H,20,21). The molecular formula is C18H26BNO5. The molecule has 2 aliphatic rings. The van der Waals surface area contributed by atoms with E-state index in [0.29, 0.717) is 13.2 Å². The molecule has 25 heavy (non-hydrogen) atoms. The molecule has 1 N–H and O–H groups in total. The van der Waals surface area contributed by atoms with Crippen LogP contribution in [0.15, 0.2) is 18.2 Å². The number of carbonyl (C=O) groups is 1. The highest BCUT2D eigenvalue weighted by atomic mass is 16.6. The van der Waals surface area contributed by atoms with Gasteiger partial charge in [-0.05, 0) is 45.7 Å². The van der Waals surface area contributed by atoms with Crippen LogP contribution in [-0.2, 0) is 14.0 Å². The topological polar surface area (TPSA) is 66.0 Å². The van der Waals surface area contributed by atoms with E-state index in [9.17, 15) is 4.79 Å². The van der Waals surface area contributed by atoms with Gasteiger partial charge in [0.25, 0.3) is 0 Å². The van der Waals surface area contributed by atoms with E-state index in [1.807, 2.05) is 45.9 Å². The zero-order valence-electron chi connectivity index (χ0n) is 15.5. The number of amides is 1. The normalized spacial score (nSPS) is 25.0. The highest BCUT2D eigenvalue weighted by molar-refractivity contribution is 6.64. The molecule has 0 aromatic heterocycles. The zero-order valence-corrected chi connectivity index (χ0v) is 15.5. The van der Waals surface area contributed by atoms with Gasteiger partial charge in [0.05, 0.1) is 11.7 Å².